The molecular weight excluding hydrogens is 432 g/mol. The van der Waals surface area contributed by atoms with Crippen LogP contribution in [0.4, 0.5) is 5.69 Å². The van der Waals surface area contributed by atoms with Gasteiger partial charge >= 0.3 is 0 Å². The van der Waals surface area contributed by atoms with Crippen LogP contribution in [0.1, 0.15) is 30.9 Å². The first kappa shape index (κ1) is 22.3. The van der Waals surface area contributed by atoms with Crippen molar-refractivity contribution < 1.29 is 4.79 Å². The summed E-state index contributed by atoms with van der Waals surface area (Å²) < 4.78 is 1.49. The van der Waals surface area contributed by atoms with E-state index in [4.69, 9.17) is 5.26 Å². The molecule has 0 radical (unpaired) electrons. The average molecular weight is 455 g/mol. The van der Waals surface area contributed by atoms with Gasteiger partial charge in [-0.05, 0) is 60.0 Å². The van der Waals surface area contributed by atoms with E-state index >= 15 is 0 Å². The van der Waals surface area contributed by atoms with Gasteiger partial charge < -0.3 is 5.32 Å². The van der Waals surface area contributed by atoms with Crippen molar-refractivity contribution in [2.24, 2.45) is 0 Å². The van der Waals surface area contributed by atoms with Gasteiger partial charge in [-0.3, -0.25) is 14.2 Å². The molecule has 0 saturated heterocycles. The predicted octanol–water partition coefficient (Wildman–Crippen LogP) is 5.11. The second-order valence-corrected chi connectivity index (χ2v) is 8.77. The lowest BCUT2D eigenvalue weighted by molar-refractivity contribution is -0.113. The quantitative estimate of drug-likeness (QED) is 0.323. The van der Waals surface area contributed by atoms with Crippen molar-refractivity contribution in [1.82, 2.24) is 9.55 Å². The van der Waals surface area contributed by atoms with E-state index in [1.54, 1.807) is 42.5 Å². The number of hydrogen-bond acceptors (Lipinski definition) is 5. The molecule has 1 aromatic heterocycles. The predicted molar refractivity (Wildman–Crippen MR) is 132 cm³/mol. The van der Waals surface area contributed by atoms with E-state index in [9.17, 15) is 9.59 Å². The number of nitrogens with zero attached hydrogens (tertiary/aromatic N) is 3. The smallest absolute Gasteiger partial charge is 0.266 e. The molecule has 0 spiro atoms. The molecule has 33 heavy (non-hydrogen) atoms. The molecular formula is C26H22N4O2S. The maximum atomic E-state index is 13.3. The minimum atomic E-state index is -0.224. The lowest BCUT2D eigenvalue weighted by Gasteiger charge is -2.13. The number of benzene rings is 3. The second kappa shape index (κ2) is 9.72. The van der Waals surface area contributed by atoms with E-state index in [-0.39, 0.29) is 17.2 Å². The summed E-state index contributed by atoms with van der Waals surface area (Å²) in [7, 11) is 0. The van der Waals surface area contributed by atoms with E-state index in [0.717, 1.165) is 11.3 Å². The molecule has 0 aliphatic heterocycles. The topological polar surface area (TPSA) is 87.8 Å². The number of anilines is 1. The molecule has 1 amide bonds. The lowest BCUT2D eigenvalue weighted by Crippen LogP contribution is -2.23. The van der Waals surface area contributed by atoms with Crippen LogP contribution < -0.4 is 10.9 Å². The number of thioether (sulfide) groups is 1. The molecule has 0 saturated carbocycles. The first-order valence-electron chi connectivity index (χ1n) is 10.5. The van der Waals surface area contributed by atoms with Crippen LogP contribution in [-0.4, -0.2) is 21.2 Å². The van der Waals surface area contributed by atoms with Gasteiger partial charge in [0.1, 0.15) is 0 Å². The van der Waals surface area contributed by atoms with Gasteiger partial charge in [0.2, 0.25) is 5.91 Å². The highest BCUT2D eigenvalue weighted by Crippen LogP contribution is 2.23. The number of para-hydroxylation sites is 1. The Morgan fingerprint density at radius 2 is 1.85 bits per heavy atom. The van der Waals surface area contributed by atoms with Gasteiger partial charge in [0.15, 0.2) is 5.16 Å². The molecule has 3 aromatic carbocycles. The van der Waals surface area contributed by atoms with Gasteiger partial charge in [-0.15, -0.1) is 0 Å². The molecule has 1 heterocycles. The summed E-state index contributed by atoms with van der Waals surface area (Å²) in [6.45, 7) is 4.20. The highest BCUT2D eigenvalue weighted by molar-refractivity contribution is 7.99. The fourth-order valence-corrected chi connectivity index (χ4v) is 4.24. The summed E-state index contributed by atoms with van der Waals surface area (Å²) >= 11 is 1.19. The number of fused-ring (bicyclic) bond motifs is 1. The SMILES string of the molecule is CC(C)c1cccc(NC(=O)CSc2nc3ccccc3c(=O)n2-c2ccc(C#N)cc2)c1. The van der Waals surface area contributed by atoms with Crippen LogP contribution in [0.3, 0.4) is 0 Å². The minimum Gasteiger partial charge on any atom is -0.325 e. The highest BCUT2D eigenvalue weighted by atomic mass is 32.2. The van der Waals surface area contributed by atoms with E-state index in [0.29, 0.717) is 33.2 Å². The number of aromatic nitrogens is 2. The molecule has 6 nitrogen and oxygen atoms in total. The Kier molecular flexibility index (Phi) is 6.57. The number of nitrogens with one attached hydrogen (secondary N) is 1. The standard InChI is InChI=1S/C26H22N4O2S/c1-17(2)19-6-5-7-20(14-19)28-24(31)16-33-26-29-23-9-4-3-8-22(23)25(32)30(26)21-12-10-18(15-27)11-13-21/h3-14,17H,16H2,1-2H3,(H,28,31). The number of rotatable bonds is 6. The Labute approximate surface area is 195 Å². The average Bonchev–Trinajstić information content (AvgIpc) is 2.83. The number of carbonyl (C=O) groups is 1. The molecule has 164 valence electrons. The van der Waals surface area contributed by atoms with E-state index in [1.807, 2.05) is 30.3 Å². The van der Waals surface area contributed by atoms with Gasteiger partial charge in [-0.2, -0.15) is 5.26 Å². The van der Waals surface area contributed by atoms with Crippen molar-refractivity contribution in [3.8, 4) is 11.8 Å². The van der Waals surface area contributed by atoms with Gasteiger partial charge in [0, 0.05) is 5.69 Å². The summed E-state index contributed by atoms with van der Waals surface area (Å²) in [5.74, 6) is 0.266. The third kappa shape index (κ3) is 4.97. The monoisotopic (exact) mass is 454 g/mol. The fourth-order valence-electron chi connectivity index (χ4n) is 3.42. The summed E-state index contributed by atoms with van der Waals surface area (Å²) in [5, 5.41) is 12.9. The largest absolute Gasteiger partial charge is 0.325 e. The first-order chi connectivity index (χ1) is 16.0. The lowest BCUT2D eigenvalue weighted by atomic mass is 10.0. The fraction of sp³-hybridized carbons (Fsp3) is 0.154. The van der Waals surface area contributed by atoms with Crippen molar-refractivity contribution in [2.45, 2.75) is 24.9 Å². The van der Waals surface area contributed by atoms with Crippen LogP contribution in [0.25, 0.3) is 16.6 Å². The number of carbonyl (C=O) groups excluding carboxylic acids is 1. The molecule has 1 N–H and O–H groups in total. The van der Waals surface area contributed by atoms with Crippen molar-refractivity contribution >= 4 is 34.3 Å². The number of amides is 1. The van der Waals surface area contributed by atoms with Crippen LogP contribution in [0.15, 0.2) is 82.7 Å². The van der Waals surface area contributed by atoms with Crippen LogP contribution >= 0.6 is 11.8 Å². The Morgan fingerprint density at radius 1 is 1.09 bits per heavy atom. The molecule has 4 rings (SSSR count). The maximum absolute atomic E-state index is 13.3. The Morgan fingerprint density at radius 3 is 2.58 bits per heavy atom. The van der Waals surface area contributed by atoms with Crippen LogP contribution in [0, 0.1) is 11.3 Å². The van der Waals surface area contributed by atoms with Gasteiger partial charge in [-0.1, -0.05) is 49.9 Å². The number of hydrogen-bond donors (Lipinski definition) is 1. The third-order valence-corrected chi connectivity index (χ3v) is 6.11. The van der Waals surface area contributed by atoms with E-state index in [2.05, 4.69) is 30.2 Å². The van der Waals surface area contributed by atoms with Gasteiger partial charge in [0.05, 0.1) is 34.0 Å². The second-order valence-electron chi connectivity index (χ2n) is 7.83. The molecule has 0 aliphatic rings. The molecule has 0 bridgehead atoms. The Hall–Kier alpha value is -3.89. The molecule has 7 heteroatoms. The van der Waals surface area contributed by atoms with Crippen molar-refractivity contribution in [2.75, 3.05) is 11.1 Å². The molecule has 4 aromatic rings. The van der Waals surface area contributed by atoms with Crippen molar-refractivity contribution in [3.05, 3.63) is 94.3 Å². The highest BCUT2D eigenvalue weighted by Gasteiger charge is 2.15. The molecule has 0 atom stereocenters. The van der Waals surface area contributed by atoms with Gasteiger partial charge in [0.25, 0.3) is 5.56 Å². The van der Waals surface area contributed by atoms with Crippen LogP contribution in [-0.2, 0) is 4.79 Å². The van der Waals surface area contributed by atoms with Crippen LogP contribution in [0.2, 0.25) is 0 Å². The summed E-state index contributed by atoms with van der Waals surface area (Å²) in [4.78, 5) is 30.6. The van der Waals surface area contributed by atoms with Crippen molar-refractivity contribution in [1.29, 1.82) is 5.26 Å². The molecule has 0 aliphatic carbocycles. The molecule has 0 fully saturated rings. The van der Waals surface area contributed by atoms with E-state index < -0.39 is 0 Å². The zero-order chi connectivity index (χ0) is 23.4. The Bertz CT molecular complexity index is 1420. The Balaban J connectivity index is 1.64. The first-order valence-corrected chi connectivity index (χ1v) is 11.5. The minimum absolute atomic E-state index is 0.0902. The van der Waals surface area contributed by atoms with E-state index in [1.165, 1.54) is 16.3 Å². The van der Waals surface area contributed by atoms with Crippen LogP contribution in [0.5, 0.6) is 0 Å². The van der Waals surface area contributed by atoms with Crippen molar-refractivity contribution in [3.63, 3.8) is 0 Å². The summed E-state index contributed by atoms with van der Waals surface area (Å²) in [5.41, 5.74) is 3.31. The maximum Gasteiger partial charge on any atom is 0.266 e. The normalized spacial score (nSPS) is 10.8. The number of nitriles is 1. The zero-order valence-corrected chi connectivity index (χ0v) is 19.1. The molecule has 0 unspecified atom stereocenters. The zero-order valence-electron chi connectivity index (χ0n) is 18.3. The summed E-state index contributed by atoms with van der Waals surface area (Å²) in [6.07, 6.45) is 0. The summed E-state index contributed by atoms with van der Waals surface area (Å²) in [6, 6.07) is 23.7. The third-order valence-electron chi connectivity index (χ3n) is 5.17. The van der Waals surface area contributed by atoms with Gasteiger partial charge in [-0.25, -0.2) is 4.98 Å².